The molecule has 0 amide bonds. The molecule has 0 spiro atoms. The number of ketones is 1. The summed E-state index contributed by atoms with van der Waals surface area (Å²) in [6, 6.07) is 2.14. The highest BCUT2D eigenvalue weighted by atomic mass is 79.9. The number of carbonyl (C=O) groups excluding carboxylic acids is 1. The molecule has 0 bridgehead atoms. The average Bonchev–Trinajstić information content (AvgIpc) is 3.25. The second kappa shape index (κ2) is 5.15. The van der Waals surface area contributed by atoms with Crippen LogP contribution < -0.4 is 4.74 Å². The van der Waals surface area contributed by atoms with Gasteiger partial charge in [0.1, 0.15) is 11.6 Å². The third-order valence-corrected chi connectivity index (χ3v) is 4.22. The van der Waals surface area contributed by atoms with Crippen molar-refractivity contribution in [2.45, 2.75) is 25.7 Å². The van der Waals surface area contributed by atoms with Gasteiger partial charge >= 0.3 is 0 Å². The maximum atomic E-state index is 12.2. The number of ether oxygens (including phenoxy) is 1. The highest BCUT2D eigenvalue weighted by Crippen LogP contribution is 2.44. The van der Waals surface area contributed by atoms with Gasteiger partial charge in [0.15, 0.2) is 23.0 Å². The van der Waals surface area contributed by atoms with E-state index in [1.165, 1.54) is 7.11 Å². The van der Waals surface area contributed by atoms with E-state index in [9.17, 15) is 10.1 Å². The predicted molar refractivity (Wildman–Crippen MR) is 80.1 cm³/mol. The van der Waals surface area contributed by atoms with Crippen LogP contribution >= 0.6 is 15.9 Å². The molecule has 0 atom stereocenters. The second-order valence-electron chi connectivity index (χ2n) is 5.08. The van der Waals surface area contributed by atoms with Crippen molar-refractivity contribution in [3.63, 3.8) is 0 Å². The third kappa shape index (κ3) is 2.12. The first-order valence-corrected chi connectivity index (χ1v) is 7.74. The molecule has 1 saturated carbocycles. The molecule has 1 aliphatic carbocycles. The van der Waals surface area contributed by atoms with Crippen molar-refractivity contribution >= 4 is 32.8 Å². The molecule has 1 fully saturated rings. The number of nitriles is 1. The molecule has 3 rings (SSSR count). The molecule has 1 aliphatic rings. The fourth-order valence-corrected chi connectivity index (χ4v) is 2.77. The first-order valence-electron chi connectivity index (χ1n) is 6.62. The summed E-state index contributed by atoms with van der Waals surface area (Å²) < 4.78 is 11.2. The van der Waals surface area contributed by atoms with E-state index >= 15 is 0 Å². The molecule has 1 aromatic heterocycles. The topological polar surface area (TPSA) is 76.1 Å². The molecule has 0 radical (unpaired) electrons. The summed E-state index contributed by atoms with van der Waals surface area (Å²) in [6.07, 6.45) is 2.09. The summed E-state index contributed by atoms with van der Waals surface area (Å²) in [6.45, 7) is 1.74. The summed E-state index contributed by atoms with van der Waals surface area (Å²) in [5.41, 5.74) is 2.23. The number of oxazole rings is 1. The Labute approximate surface area is 130 Å². The Bertz CT molecular complexity index is 785. The summed E-state index contributed by atoms with van der Waals surface area (Å²) in [5.74, 6) is 1.17. The van der Waals surface area contributed by atoms with Gasteiger partial charge in [-0.25, -0.2) is 4.98 Å². The lowest BCUT2D eigenvalue weighted by Crippen LogP contribution is -2.08. The van der Waals surface area contributed by atoms with E-state index in [2.05, 4.69) is 27.0 Å². The molecule has 5 nitrogen and oxygen atoms in total. The molecule has 0 aliphatic heterocycles. The van der Waals surface area contributed by atoms with Crippen LogP contribution in [0.25, 0.3) is 11.1 Å². The first-order chi connectivity index (χ1) is 10.1. The van der Waals surface area contributed by atoms with Gasteiger partial charge in [-0.3, -0.25) is 4.79 Å². The molecule has 108 valence electrons. The van der Waals surface area contributed by atoms with Crippen LogP contribution in [0.4, 0.5) is 0 Å². The zero-order chi connectivity index (χ0) is 15.1. The van der Waals surface area contributed by atoms with Gasteiger partial charge in [-0.2, -0.15) is 5.26 Å². The zero-order valence-corrected chi connectivity index (χ0v) is 13.3. The third-order valence-electron chi connectivity index (χ3n) is 3.71. The number of alkyl halides is 1. The van der Waals surface area contributed by atoms with Crippen LogP contribution in [0.2, 0.25) is 0 Å². The van der Waals surface area contributed by atoms with Crippen molar-refractivity contribution in [3.8, 4) is 11.8 Å². The average molecular weight is 349 g/mol. The number of rotatable bonds is 4. The number of fused-ring (bicyclic) bond motifs is 1. The van der Waals surface area contributed by atoms with Gasteiger partial charge in [-0.1, -0.05) is 15.9 Å². The van der Waals surface area contributed by atoms with Gasteiger partial charge in [-0.15, -0.1) is 0 Å². The Morgan fingerprint density at radius 1 is 1.57 bits per heavy atom. The SMILES string of the molecule is COc1c(C(=O)CBr)c(C)c(C#N)c2nc(C3CC3)oc12. The van der Waals surface area contributed by atoms with E-state index in [1.54, 1.807) is 6.92 Å². The smallest absolute Gasteiger partial charge is 0.198 e. The molecule has 1 heterocycles. The minimum atomic E-state index is -0.146. The molecule has 21 heavy (non-hydrogen) atoms. The van der Waals surface area contributed by atoms with E-state index < -0.39 is 0 Å². The normalized spacial score (nSPS) is 14.2. The van der Waals surface area contributed by atoms with Crippen LogP contribution in [0.3, 0.4) is 0 Å². The molecular formula is C15H13BrN2O3. The van der Waals surface area contributed by atoms with E-state index in [4.69, 9.17) is 9.15 Å². The Hall–Kier alpha value is -1.87. The van der Waals surface area contributed by atoms with Crippen molar-refractivity contribution < 1.29 is 13.9 Å². The minimum absolute atomic E-state index is 0.146. The van der Waals surface area contributed by atoms with Gasteiger partial charge in [0.25, 0.3) is 0 Å². The molecular weight excluding hydrogens is 336 g/mol. The monoisotopic (exact) mass is 348 g/mol. The molecule has 2 aromatic rings. The number of hydrogen-bond donors (Lipinski definition) is 0. The quantitative estimate of drug-likeness (QED) is 0.624. The molecule has 0 unspecified atom stereocenters. The van der Waals surface area contributed by atoms with Crippen molar-refractivity contribution in [3.05, 3.63) is 22.6 Å². The first kappa shape index (κ1) is 14.1. The van der Waals surface area contributed by atoms with Gasteiger partial charge in [0.05, 0.1) is 23.6 Å². The lowest BCUT2D eigenvalue weighted by atomic mass is 9.98. The zero-order valence-electron chi connectivity index (χ0n) is 11.7. The fourth-order valence-electron chi connectivity index (χ4n) is 2.49. The maximum Gasteiger partial charge on any atom is 0.198 e. The second-order valence-corrected chi connectivity index (χ2v) is 5.64. The van der Waals surface area contributed by atoms with Crippen LogP contribution in [0.5, 0.6) is 5.75 Å². The maximum absolute atomic E-state index is 12.2. The number of methoxy groups -OCH3 is 1. The fraction of sp³-hybridized carbons (Fsp3) is 0.400. The number of aromatic nitrogens is 1. The highest BCUT2D eigenvalue weighted by molar-refractivity contribution is 9.09. The lowest BCUT2D eigenvalue weighted by molar-refractivity contribution is 0.102. The van der Waals surface area contributed by atoms with E-state index in [1.807, 2.05) is 0 Å². The van der Waals surface area contributed by atoms with E-state index in [-0.39, 0.29) is 11.1 Å². The summed E-state index contributed by atoms with van der Waals surface area (Å²) in [5, 5.41) is 9.58. The van der Waals surface area contributed by atoms with Crippen LogP contribution in [-0.4, -0.2) is 23.2 Å². The van der Waals surface area contributed by atoms with Gasteiger partial charge in [-0.05, 0) is 25.3 Å². The summed E-state index contributed by atoms with van der Waals surface area (Å²) >= 11 is 3.16. The van der Waals surface area contributed by atoms with Gasteiger partial charge in [0, 0.05) is 5.92 Å². The molecule has 0 saturated heterocycles. The largest absolute Gasteiger partial charge is 0.492 e. The number of carbonyl (C=O) groups is 1. The molecule has 6 heteroatoms. The Morgan fingerprint density at radius 2 is 2.29 bits per heavy atom. The van der Waals surface area contributed by atoms with Crippen LogP contribution in [-0.2, 0) is 0 Å². The van der Waals surface area contributed by atoms with Crippen LogP contribution in [0, 0.1) is 18.3 Å². The Balaban J connectivity index is 2.39. The van der Waals surface area contributed by atoms with Gasteiger partial charge < -0.3 is 9.15 Å². The minimum Gasteiger partial charge on any atom is -0.492 e. The van der Waals surface area contributed by atoms with Crippen molar-refractivity contribution in [1.82, 2.24) is 4.98 Å². The number of Topliss-reactive ketones (excluding diaryl/α,β-unsaturated/α-hetero) is 1. The molecule has 1 aromatic carbocycles. The van der Waals surface area contributed by atoms with E-state index in [0.29, 0.717) is 45.3 Å². The number of halogens is 1. The summed E-state index contributed by atoms with van der Waals surface area (Å²) in [7, 11) is 1.49. The van der Waals surface area contributed by atoms with Crippen molar-refractivity contribution in [2.75, 3.05) is 12.4 Å². The highest BCUT2D eigenvalue weighted by Gasteiger charge is 2.32. The predicted octanol–water partition coefficient (Wildman–Crippen LogP) is 3.47. The van der Waals surface area contributed by atoms with Crippen molar-refractivity contribution in [1.29, 1.82) is 5.26 Å². The Kier molecular flexibility index (Phi) is 3.46. The molecule has 0 N–H and O–H groups in total. The number of nitrogens with zero attached hydrogens (tertiary/aromatic N) is 2. The number of hydrogen-bond acceptors (Lipinski definition) is 5. The van der Waals surface area contributed by atoms with Crippen molar-refractivity contribution in [2.24, 2.45) is 0 Å². The van der Waals surface area contributed by atoms with Gasteiger partial charge in [0.2, 0.25) is 0 Å². The Morgan fingerprint density at radius 3 is 2.81 bits per heavy atom. The lowest BCUT2D eigenvalue weighted by Gasteiger charge is -2.11. The van der Waals surface area contributed by atoms with Crippen LogP contribution in [0.1, 0.15) is 46.1 Å². The standard InChI is InChI=1S/C15H13BrN2O3/c1-7-9(6-17)12-14(21-15(18-12)8-3-4-8)13(20-2)11(7)10(19)5-16/h8H,3-5H2,1-2H3. The van der Waals surface area contributed by atoms with Crippen LogP contribution in [0.15, 0.2) is 4.42 Å². The number of benzene rings is 1. The van der Waals surface area contributed by atoms with E-state index in [0.717, 1.165) is 12.8 Å². The summed E-state index contributed by atoms with van der Waals surface area (Å²) in [4.78, 5) is 16.6.